The Hall–Kier alpha value is -2.67. The van der Waals surface area contributed by atoms with Crippen molar-refractivity contribution in [1.82, 2.24) is 9.88 Å². The van der Waals surface area contributed by atoms with Crippen LogP contribution in [0.25, 0.3) is 0 Å². The van der Waals surface area contributed by atoms with E-state index in [2.05, 4.69) is 4.98 Å². The number of nitrogens with zero attached hydrogens (tertiary/aromatic N) is 1. The molecule has 2 aromatic rings. The van der Waals surface area contributed by atoms with Gasteiger partial charge in [-0.2, -0.15) is 0 Å². The molecule has 0 saturated carbocycles. The van der Waals surface area contributed by atoms with Gasteiger partial charge in [-0.05, 0) is 57.6 Å². The number of esters is 1. The standard InChI is InChI=1S/C20H25FN2O4/c1-12-17(20(25)26-5)13(2)22-18(12)19(24)14(3)23(4)10-11-27-16-8-6-15(21)7-9-16/h6-9,14,22H,10-11H2,1-5H3. The maximum absolute atomic E-state index is 12.9. The number of hydrogen-bond acceptors (Lipinski definition) is 5. The van der Waals surface area contributed by atoms with Crippen molar-refractivity contribution in [2.24, 2.45) is 0 Å². The number of likely N-dealkylation sites (N-methyl/N-ethyl adjacent to an activating group) is 1. The third-order valence-electron chi connectivity index (χ3n) is 4.64. The lowest BCUT2D eigenvalue weighted by Gasteiger charge is -2.23. The molecule has 0 spiro atoms. The van der Waals surface area contributed by atoms with Gasteiger partial charge in [-0.3, -0.25) is 9.69 Å². The Morgan fingerprint density at radius 3 is 2.44 bits per heavy atom. The topological polar surface area (TPSA) is 71.6 Å². The normalized spacial score (nSPS) is 12.1. The van der Waals surface area contributed by atoms with Crippen molar-refractivity contribution in [3.05, 3.63) is 52.6 Å². The van der Waals surface area contributed by atoms with Crippen LogP contribution in [0.4, 0.5) is 4.39 Å². The highest BCUT2D eigenvalue weighted by atomic mass is 19.1. The molecule has 0 aliphatic rings. The number of carbonyl (C=O) groups excluding carboxylic acids is 2. The van der Waals surface area contributed by atoms with Gasteiger partial charge in [0.2, 0.25) is 0 Å². The van der Waals surface area contributed by atoms with Crippen molar-refractivity contribution in [1.29, 1.82) is 0 Å². The quantitative estimate of drug-likeness (QED) is 0.566. The Balaban J connectivity index is 1.99. The number of carbonyl (C=O) groups is 2. The molecule has 1 atom stereocenters. The SMILES string of the molecule is COC(=O)c1c(C)[nH]c(C(=O)C(C)N(C)CCOc2ccc(F)cc2)c1C. The Morgan fingerprint density at radius 2 is 1.85 bits per heavy atom. The first-order chi connectivity index (χ1) is 12.8. The molecule has 7 heteroatoms. The van der Waals surface area contributed by atoms with Crippen molar-refractivity contribution in [3.8, 4) is 5.75 Å². The number of rotatable bonds is 8. The number of Topliss-reactive ketones (excluding diaryl/α,β-unsaturated/α-hetero) is 1. The number of ketones is 1. The van der Waals surface area contributed by atoms with E-state index in [-0.39, 0.29) is 11.6 Å². The van der Waals surface area contributed by atoms with Crippen LogP contribution in [0.15, 0.2) is 24.3 Å². The van der Waals surface area contributed by atoms with Crippen LogP contribution in [-0.4, -0.2) is 55.0 Å². The third-order valence-corrected chi connectivity index (χ3v) is 4.64. The largest absolute Gasteiger partial charge is 0.492 e. The molecule has 0 saturated heterocycles. The fraction of sp³-hybridized carbons (Fsp3) is 0.400. The van der Waals surface area contributed by atoms with Crippen LogP contribution in [0.2, 0.25) is 0 Å². The highest BCUT2D eigenvalue weighted by Gasteiger charge is 2.27. The minimum atomic E-state index is -0.464. The Kier molecular flexibility index (Phi) is 6.74. The fourth-order valence-electron chi connectivity index (χ4n) is 2.85. The van der Waals surface area contributed by atoms with Crippen LogP contribution in [0, 0.1) is 19.7 Å². The molecular weight excluding hydrogens is 351 g/mol. The van der Waals surface area contributed by atoms with E-state index in [4.69, 9.17) is 9.47 Å². The molecule has 0 aliphatic carbocycles. The fourth-order valence-corrected chi connectivity index (χ4v) is 2.85. The Morgan fingerprint density at radius 1 is 1.22 bits per heavy atom. The summed E-state index contributed by atoms with van der Waals surface area (Å²) in [7, 11) is 3.14. The summed E-state index contributed by atoms with van der Waals surface area (Å²) < 4.78 is 23.2. The maximum atomic E-state index is 12.9. The van der Waals surface area contributed by atoms with E-state index in [1.165, 1.54) is 19.2 Å². The van der Waals surface area contributed by atoms with Crippen LogP contribution < -0.4 is 4.74 Å². The average molecular weight is 376 g/mol. The lowest BCUT2D eigenvalue weighted by atomic mass is 10.0. The number of H-pyrrole nitrogens is 1. The van der Waals surface area contributed by atoms with Gasteiger partial charge in [-0.25, -0.2) is 9.18 Å². The molecule has 0 bridgehead atoms. The predicted octanol–water partition coefficient (Wildman–Crippen LogP) is 3.14. The molecule has 1 aromatic heterocycles. The predicted molar refractivity (Wildman–Crippen MR) is 99.9 cm³/mol. The summed E-state index contributed by atoms with van der Waals surface area (Å²) in [6.07, 6.45) is 0. The van der Waals surface area contributed by atoms with Gasteiger partial charge in [-0.1, -0.05) is 0 Å². The smallest absolute Gasteiger partial charge is 0.339 e. The van der Waals surface area contributed by atoms with E-state index in [1.807, 2.05) is 11.9 Å². The molecule has 0 fully saturated rings. The van der Waals surface area contributed by atoms with Gasteiger partial charge >= 0.3 is 5.97 Å². The highest BCUT2D eigenvalue weighted by molar-refractivity contribution is 6.03. The first kappa shape index (κ1) is 20.6. The number of ether oxygens (including phenoxy) is 2. The van der Waals surface area contributed by atoms with E-state index in [0.717, 1.165) is 0 Å². The third kappa shape index (κ3) is 4.74. The second-order valence-electron chi connectivity index (χ2n) is 6.44. The molecule has 0 amide bonds. The zero-order valence-electron chi connectivity index (χ0n) is 16.3. The summed E-state index contributed by atoms with van der Waals surface area (Å²) in [5, 5.41) is 0. The van der Waals surface area contributed by atoms with Gasteiger partial charge in [0.05, 0.1) is 24.4 Å². The molecule has 6 nitrogen and oxygen atoms in total. The zero-order chi connectivity index (χ0) is 20.1. The minimum absolute atomic E-state index is 0.116. The number of halogens is 1. The van der Waals surface area contributed by atoms with Crippen molar-refractivity contribution in [3.63, 3.8) is 0 Å². The van der Waals surface area contributed by atoms with Crippen LogP contribution >= 0.6 is 0 Å². The number of aromatic amines is 1. The Labute approximate surface area is 158 Å². The van der Waals surface area contributed by atoms with E-state index < -0.39 is 12.0 Å². The van der Waals surface area contributed by atoms with Crippen molar-refractivity contribution >= 4 is 11.8 Å². The molecule has 27 heavy (non-hydrogen) atoms. The summed E-state index contributed by atoms with van der Waals surface area (Å²) in [5.41, 5.74) is 2.01. The van der Waals surface area contributed by atoms with Gasteiger partial charge in [0.15, 0.2) is 5.78 Å². The lowest BCUT2D eigenvalue weighted by Crippen LogP contribution is -2.38. The summed E-state index contributed by atoms with van der Waals surface area (Å²) in [6.45, 7) is 6.13. The van der Waals surface area contributed by atoms with Crippen LogP contribution in [0.1, 0.15) is 39.0 Å². The van der Waals surface area contributed by atoms with Crippen LogP contribution in [-0.2, 0) is 4.74 Å². The van der Waals surface area contributed by atoms with E-state index in [1.54, 1.807) is 32.9 Å². The van der Waals surface area contributed by atoms with Crippen LogP contribution in [0.3, 0.4) is 0 Å². The minimum Gasteiger partial charge on any atom is -0.492 e. The molecule has 0 aliphatic heterocycles. The number of benzene rings is 1. The molecule has 1 heterocycles. The summed E-state index contributed by atoms with van der Waals surface area (Å²) in [4.78, 5) is 29.6. The molecule has 1 aromatic carbocycles. The second-order valence-corrected chi connectivity index (χ2v) is 6.44. The number of hydrogen-bond donors (Lipinski definition) is 1. The molecule has 2 rings (SSSR count). The maximum Gasteiger partial charge on any atom is 0.339 e. The first-order valence-corrected chi connectivity index (χ1v) is 8.66. The number of nitrogens with one attached hydrogen (secondary N) is 1. The molecule has 146 valence electrons. The molecular formula is C20H25FN2O4. The second kappa shape index (κ2) is 8.81. The molecule has 1 N–H and O–H groups in total. The summed E-state index contributed by atoms with van der Waals surface area (Å²) >= 11 is 0. The Bertz CT molecular complexity index is 814. The average Bonchev–Trinajstić information content (AvgIpc) is 2.95. The highest BCUT2D eigenvalue weighted by Crippen LogP contribution is 2.21. The lowest BCUT2D eigenvalue weighted by molar-refractivity contribution is 0.0599. The van der Waals surface area contributed by atoms with Crippen LogP contribution in [0.5, 0.6) is 5.75 Å². The molecule has 0 radical (unpaired) electrons. The molecule has 1 unspecified atom stereocenters. The zero-order valence-corrected chi connectivity index (χ0v) is 16.3. The van der Waals surface area contributed by atoms with Crippen molar-refractivity contribution < 1.29 is 23.5 Å². The van der Waals surface area contributed by atoms with Crippen molar-refractivity contribution in [2.75, 3.05) is 27.3 Å². The van der Waals surface area contributed by atoms with E-state index in [0.29, 0.717) is 41.4 Å². The summed E-state index contributed by atoms with van der Waals surface area (Å²) in [5.74, 6) is -0.326. The monoisotopic (exact) mass is 376 g/mol. The van der Waals surface area contributed by atoms with Gasteiger partial charge in [0.1, 0.15) is 18.2 Å². The van der Waals surface area contributed by atoms with Gasteiger partial charge < -0.3 is 14.5 Å². The number of methoxy groups -OCH3 is 1. The first-order valence-electron chi connectivity index (χ1n) is 8.66. The summed E-state index contributed by atoms with van der Waals surface area (Å²) in [6, 6.07) is 5.37. The van der Waals surface area contributed by atoms with E-state index in [9.17, 15) is 14.0 Å². The van der Waals surface area contributed by atoms with Crippen molar-refractivity contribution in [2.45, 2.75) is 26.8 Å². The number of aromatic nitrogens is 1. The van der Waals surface area contributed by atoms with Gasteiger partial charge in [-0.15, -0.1) is 0 Å². The van der Waals surface area contributed by atoms with Gasteiger partial charge in [0.25, 0.3) is 0 Å². The van der Waals surface area contributed by atoms with Gasteiger partial charge in [0, 0.05) is 12.2 Å². The van der Waals surface area contributed by atoms with E-state index >= 15 is 0 Å². The number of aryl methyl sites for hydroxylation is 1.